The summed E-state index contributed by atoms with van der Waals surface area (Å²) in [5.41, 5.74) is 0. The third-order valence-electron chi connectivity index (χ3n) is 1.03. The van der Waals surface area contributed by atoms with Gasteiger partial charge in [0.1, 0.15) is 13.6 Å². The zero-order valence-electron chi connectivity index (χ0n) is 9.06. The van der Waals surface area contributed by atoms with Crippen molar-refractivity contribution in [3.63, 3.8) is 0 Å². The molecule has 0 N–H and O–H groups in total. The fraction of sp³-hybridized carbons (Fsp3) is 0. The quantitative estimate of drug-likeness (QED) is 0.538. The summed E-state index contributed by atoms with van der Waals surface area (Å²) in [6.45, 7) is 4.00. The van der Waals surface area contributed by atoms with Crippen LogP contribution in [0.5, 0.6) is 0 Å². The maximum atomic E-state index is 8.00. The summed E-state index contributed by atoms with van der Waals surface area (Å²) < 4.78 is 0. The maximum Gasteiger partial charge on any atom is 2.00 e. The van der Waals surface area contributed by atoms with Gasteiger partial charge >= 0.3 is 16.5 Å². The predicted molar refractivity (Wildman–Crippen MR) is 60.4 cm³/mol. The van der Waals surface area contributed by atoms with Crippen LogP contribution in [-0.4, -0.2) is 23.5 Å². The Morgan fingerprint density at radius 1 is 0.706 bits per heavy atom. The van der Waals surface area contributed by atoms with E-state index < -0.39 is 0 Å². The molecule has 4 nitrogen and oxygen atoms in total. The van der Waals surface area contributed by atoms with Gasteiger partial charge in [0.2, 0.25) is 0 Å². The maximum absolute atomic E-state index is 8.00. The van der Waals surface area contributed by atoms with E-state index in [-0.39, 0.29) is 16.5 Å². The molecule has 0 atom stereocenters. The van der Waals surface area contributed by atoms with E-state index in [1.165, 1.54) is 0 Å². The summed E-state index contributed by atoms with van der Waals surface area (Å²) in [5, 5.41) is 0. The van der Waals surface area contributed by atoms with E-state index in [1.54, 1.807) is 24.5 Å². The molecule has 0 spiro atoms. The van der Waals surface area contributed by atoms with E-state index in [2.05, 4.69) is 22.4 Å². The molecular weight excluding hydrogens is 263 g/mol. The van der Waals surface area contributed by atoms with E-state index in [4.69, 9.17) is 9.59 Å². The largest absolute Gasteiger partial charge is 2.00 e. The van der Waals surface area contributed by atoms with Gasteiger partial charge in [0.15, 0.2) is 0 Å². The van der Waals surface area contributed by atoms with Crippen molar-refractivity contribution in [3.8, 4) is 0 Å². The Labute approximate surface area is 111 Å². The predicted octanol–water partition coefficient (Wildman–Crippen LogP) is 1.39. The van der Waals surface area contributed by atoms with Crippen molar-refractivity contribution < 1.29 is 26.1 Å². The molecule has 17 heavy (non-hydrogen) atoms. The third kappa shape index (κ3) is 20.3. The molecule has 2 aromatic rings. The molecule has 0 saturated carbocycles. The van der Waals surface area contributed by atoms with Crippen LogP contribution >= 0.6 is 0 Å². The van der Waals surface area contributed by atoms with Crippen molar-refractivity contribution in [3.05, 3.63) is 61.2 Å². The first-order valence-electron chi connectivity index (χ1n) is 4.12. The van der Waals surface area contributed by atoms with Gasteiger partial charge in [-0.25, -0.2) is 0 Å². The molecular formula is C12H12N2NiO2. The van der Waals surface area contributed by atoms with Crippen LogP contribution in [0.3, 0.4) is 0 Å². The third-order valence-corrected chi connectivity index (χ3v) is 1.03. The van der Waals surface area contributed by atoms with E-state index in [9.17, 15) is 0 Å². The van der Waals surface area contributed by atoms with Gasteiger partial charge in [-0.15, -0.1) is 0 Å². The number of carbonyl (C=O) groups is 2. The van der Waals surface area contributed by atoms with Gasteiger partial charge in [-0.3, -0.25) is 0 Å². The minimum atomic E-state index is 0. The Morgan fingerprint density at radius 2 is 1.06 bits per heavy atom. The Kier molecular flexibility index (Phi) is 28.7. The number of nitrogens with zero attached hydrogens (tertiary/aromatic N) is 2. The first-order valence-corrected chi connectivity index (χ1v) is 4.12. The zero-order valence-corrected chi connectivity index (χ0v) is 10.0. The van der Waals surface area contributed by atoms with Crippen LogP contribution in [-0.2, 0) is 26.1 Å². The first kappa shape index (κ1) is 20.5. The number of hydrogen-bond acceptors (Lipinski definition) is 4. The first-order chi connectivity index (χ1) is 8.00. The molecule has 0 aliphatic carbocycles. The monoisotopic (exact) mass is 274 g/mol. The van der Waals surface area contributed by atoms with E-state index >= 15 is 0 Å². The smallest absolute Gasteiger partial charge is 0.394 e. The van der Waals surface area contributed by atoms with Crippen LogP contribution in [0.25, 0.3) is 0 Å². The van der Waals surface area contributed by atoms with Crippen LogP contribution in [0.15, 0.2) is 48.8 Å². The van der Waals surface area contributed by atoms with Gasteiger partial charge < -0.3 is 19.6 Å². The molecule has 2 aromatic heterocycles. The zero-order chi connectivity index (χ0) is 12.5. The molecule has 0 bridgehead atoms. The van der Waals surface area contributed by atoms with E-state index in [0.717, 1.165) is 0 Å². The molecule has 0 fully saturated rings. The number of aromatic nitrogens is 2. The second kappa shape index (κ2) is 23.7. The summed E-state index contributed by atoms with van der Waals surface area (Å²) in [6.07, 6.45) is 8.67. The second-order valence-corrected chi connectivity index (χ2v) is 1.92. The van der Waals surface area contributed by atoms with Gasteiger partial charge in [-0.2, -0.15) is 36.4 Å². The van der Waals surface area contributed by atoms with Crippen LogP contribution in [0.2, 0.25) is 0 Å². The normalized spacial score (nSPS) is 6.12. The Bertz CT molecular complexity index is 222. The molecule has 5 heteroatoms. The Balaban J connectivity index is -0.000000171. The van der Waals surface area contributed by atoms with Crippen LogP contribution in [0, 0.1) is 12.4 Å². The molecule has 2 rings (SSSR count). The van der Waals surface area contributed by atoms with E-state index in [0.29, 0.717) is 0 Å². The van der Waals surface area contributed by atoms with Crippen LogP contribution in [0.4, 0.5) is 0 Å². The van der Waals surface area contributed by atoms with Crippen molar-refractivity contribution in [2.24, 2.45) is 0 Å². The summed E-state index contributed by atoms with van der Waals surface area (Å²) in [4.78, 5) is 23.3. The minimum absolute atomic E-state index is 0. The summed E-state index contributed by atoms with van der Waals surface area (Å²) >= 11 is 0. The number of carbonyl (C=O) groups excluding carboxylic acids is 2. The summed E-state index contributed by atoms with van der Waals surface area (Å²) in [7, 11) is 0. The van der Waals surface area contributed by atoms with Gasteiger partial charge in [0.05, 0.1) is 0 Å². The molecule has 0 amide bonds. The summed E-state index contributed by atoms with van der Waals surface area (Å²) in [5.74, 6) is 0. The number of hydrogen-bond donors (Lipinski definition) is 0. The minimum Gasteiger partial charge on any atom is -0.394 e. The van der Waals surface area contributed by atoms with Crippen molar-refractivity contribution in [2.75, 3.05) is 0 Å². The summed E-state index contributed by atoms with van der Waals surface area (Å²) in [6, 6.07) is 11.0. The molecule has 0 aliphatic rings. The van der Waals surface area contributed by atoms with Crippen LogP contribution in [0.1, 0.15) is 0 Å². The SMILES string of the molecule is C=O.C=O.[Ni+2].[c-]1ccccn1.[c-]1ccccn1. The molecule has 92 valence electrons. The van der Waals surface area contributed by atoms with Crippen molar-refractivity contribution in [2.45, 2.75) is 0 Å². The average Bonchev–Trinajstić information content (AvgIpc) is 2.48. The van der Waals surface area contributed by atoms with Gasteiger partial charge in [0.25, 0.3) is 0 Å². The average molecular weight is 275 g/mol. The van der Waals surface area contributed by atoms with Gasteiger partial charge in [0, 0.05) is 0 Å². The number of pyridine rings is 2. The van der Waals surface area contributed by atoms with E-state index in [1.807, 2.05) is 37.8 Å². The fourth-order valence-electron chi connectivity index (χ4n) is 0.555. The van der Waals surface area contributed by atoms with Gasteiger partial charge in [-0.1, -0.05) is 24.8 Å². The van der Waals surface area contributed by atoms with Crippen LogP contribution < -0.4 is 0 Å². The number of rotatable bonds is 0. The molecule has 0 unspecified atom stereocenters. The topological polar surface area (TPSA) is 59.9 Å². The van der Waals surface area contributed by atoms with Gasteiger partial charge in [-0.05, 0) is 0 Å². The van der Waals surface area contributed by atoms with Crippen molar-refractivity contribution in [1.82, 2.24) is 9.97 Å². The standard InChI is InChI=1S/2C5H4N.2CH2O.Ni/c2*1-2-4-6-5-3-1;2*1-2;/h2*1-4H;2*1H2;/q2*-1;;;+2. The molecule has 0 aromatic carbocycles. The Hall–Kier alpha value is -1.87. The molecule has 0 saturated heterocycles. The fourth-order valence-corrected chi connectivity index (χ4v) is 0.555. The van der Waals surface area contributed by atoms with Crippen molar-refractivity contribution in [1.29, 1.82) is 0 Å². The second-order valence-electron chi connectivity index (χ2n) is 1.92. The molecule has 0 radical (unpaired) electrons. The molecule has 2 heterocycles. The Morgan fingerprint density at radius 3 is 1.12 bits per heavy atom. The van der Waals surface area contributed by atoms with Crippen molar-refractivity contribution >= 4 is 13.6 Å². The molecule has 0 aliphatic heterocycles.